The Morgan fingerprint density at radius 3 is 2.79 bits per heavy atom. The molecule has 5 rings (SSSR count). The number of anilines is 3. The Balaban J connectivity index is 1.41. The molecule has 0 fully saturated rings. The van der Waals surface area contributed by atoms with E-state index in [9.17, 15) is 9.90 Å². The summed E-state index contributed by atoms with van der Waals surface area (Å²) in [6, 6.07) is 16.6. The third kappa shape index (κ3) is 4.25. The molecule has 1 unspecified atom stereocenters. The van der Waals surface area contributed by atoms with Gasteiger partial charge >= 0.3 is 0 Å². The largest absolute Gasteiger partial charge is 0.394 e. The van der Waals surface area contributed by atoms with E-state index in [1.807, 2.05) is 55.6 Å². The molecule has 1 aliphatic rings. The van der Waals surface area contributed by atoms with Crippen LogP contribution in [0.4, 0.5) is 17.5 Å². The minimum atomic E-state index is -0.312. The molecule has 0 saturated heterocycles. The zero-order valence-corrected chi connectivity index (χ0v) is 19.3. The zero-order chi connectivity index (χ0) is 23.7. The van der Waals surface area contributed by atoms with E-state index >= 15 is 0 Å². The number of nitrogens with zero attached hydrogens (tertiary/aromatic N) is 5. The van der Waals surface area contributed by atoms with Gasteiger partial charge in [0.2, 0.25) is 11.9 Å². The topological polar surface area (TPSA) is 96.2 Å². The summed E-state index contributed by atoms with van der Waals surface area (Å²) in [7, 11) is 1.84. The number of nitrogens with one attached hydrogen (secondary N) is 1. The zero-order valence-electron chi connectivity index (χ0n) is 18.5. The molecule has 9 heteroatoms. The number of carbonyl (C=O) groups is 1. The fourth-order valence-corrected chi connectivity index (χ4v) is 4.45. The summed E-state index contributed by atoms with van der Waals surface area (Å²) in [6.07, 6.45) is 4.14. The predicted molar refractivity (Wildman–Crippen MR) is 131 cm³/mol. The summed E-state index contributed by atoms with van der Waals surface area (Å²) in [6.45, 7) is -0.120. The van der Waals surface area contributed by atoms with E-state index in [0.717, 1.165) is 33.9 Å². The second-order valence-electron chi connectivity index (χ2n) is 8.15. The van der Waals surface area contributed by atoms with Gasteiger partial charge in [0.1, 0.15) is 5.82 Å². The summed E-state index contributed by atoms with van der Waals surface area (Å²) in [5.74, 6) is 1.15. The fraction of sp³-hybridized carbons (Fsp3) is 0.200. The number of rotatable bonds is 6. The highest BCUT2D eigenvalue weighted by atomic mass is 35.5. The molecular formula is C25H23ClN6O2. The molecule has 2 aromatic carbocycles. The molecular weight excluding hydrogens is 452 g/mol. The molecule has 2 aromatic heterocycles. The van der Waals surface area contributed by atoms with Crippen LogP contribution in [0.25, 0.3) is 11.3 Å². The van der Waals surface area contributed by atoms with Gasteiger partial charge in [0.15, 0.2) is 0 Å². The van der Waals surface area contributed by atoms with Gasteiger partial charge < -0.3 is 15.3 Å². The minimum Gasteiger partial charge on any atom is -0.394 e. The highest BCUT2D eigenvalue weighted by Gasteiger charge is 2.33. The number of aromatic nitrogens is 4. The van der Waals surface area contributed by atoms with E-state index in [1.54, 1.807) is 28.0 Å². The first-order chi connectivity index (χ1) is 16.5. The molecule has 172 valence electrons. The number of amides is 1. The molecule has 0 saturated carbocycles. The Morgan fingerprint density at radius 2 is 2.03 bits per heavy atom. The third-order valence-corrected chi connectivity index (χ3v) is 6.32. The molecule has 1 atom stereocenters. The predicted octanol–water partition coefficient (Wildman–Crippen LogP) is 3.77. The molecule has 34 heavy (non-hydrogen) atoms. The van der Waals surface area contributed by atoms with Crippen LogP contribution in [0.15, 0.2) is 67.0 Å². The van der Waals surface area contributed by atoms with E-state index in [4.69, 9.17) is 11.6 Å². The number of benzene rings is 2. The average Bonchev–Trinajstić information content (AvgIpc) is 3.43. The van der Waals surface area contributed by atoms with Gasteiger partial charge in [0, 0.05) is 35.6 Å². The van der Waals surface area contributed by atoms with Crippen LogP contribution in [0.1, 0.15) is 11.1 Å². The Hall–Kier alpha value is -3.75. The van der Waals surface area contributed by atoms with Crippen LogP contribution in [0.3, 0.4) is 0 Å². The van der Waals surface area contributed by atoms with Crippen LogP contribution in [-0.4, -0.2) is 43.4 Å². The van der Waals surface area contributed by atoms with Gasteiger partial charge in [-0.3, -0.25) is 9.48 Å². The van der Waals surface area contributed by atoms with Gasteiger partial charge in [-0.05, 0) is 41.8 Å². The van der Waals surface area contributed by atoms with Crippen LogP contribution in [0, 0.1) is 0 Å². The summed E-state index contributed by atoms with van der Waals surface area (Å²) >= 11 is 6.26. The average molecular weight is 475 g/mol. The van der Waals surface area contributed by atoms with Gasteiger partial charge in [-0.25, -0.2) is 9.97 Å². The van der Waals surface area contributed by atoms with Crippen molar-refractivity contribution in [1.82, 2.24) is 19.7 Å². The maximum absolute atomic E-state index is 13.2. The summed E-state index contributed by atoms with van der Waals surface area (Å²) in [5, 5.41) is 17.9. The van der Waals surface area contributed by atoms with E-state index in [1.165, 1.54) is 0 Å². The van der Waals surface area contributed by atoms with Crippen molar-refractivity contribution in [2.24, 2.45) is 7.05 Å². The van der Waals surface area contributed by atoms with Crippen LogP contribution in [0.5, 0.6) is 0 Å². The third-order valence-electron chi connectivity index (χ3n) is 5.95. The second kappa shape index (κ2) is 9.24. The highest BCUT2D eigenvalue weighted by Crippen LogP contribution is 2.36. The van der Waals surface area contributed by atoms with Crippen LogP contribution in [0.2, 0.25) is 5.02 Å². The maximum atomic E-state index is 13.2. The van der Waals surface area contributed by atoms with Crippen molar-refractivity contribution in [3.8, 4) is 11.3 Å². The number of hydrogen-bond donors (Lipinski definition) is 2. The van der Waals surface area contributed by atoms with Crippen molar-refractivity contribution >= 4 is 35.0 Å². The number of fused-ring (bicyclic) bond motifs is 1. The number of aliphatic hydroxyl groups is 1. The molecule has 0 bridgehead atoms. The fourth-order valence-electron chi connectivity index (χ4n) is 4.25. The van der Waals surface area contributed by atoms with Crippen molar-refractivity contribution in [1.29, 1.82) is 0 Å². The van der Waals surface area contributed by atoms with Crippen molar-refractivity contribution in [3.63, 3.8) is 0 Å². The van der Waals surface area contributed by atoms with E-state index in [2.05, 4.69) is 20.4 Å². The molecule has 1 aliphatic heterocycles. The lowest BCUT2D eigenvalue weighted by molar-refractivity contribution is -0.118. The molecule has 0 spiro atoms. The first kappa shape index (κ1) is 22.1. The molecule has 2 N–H and O–H groups in total. The lowest BCUT2D eigenvalue weighted by Crippen LogP contribution is -2.40. The Bertz CT molecular complexity index is 1350. The van der Waals surface area contributed by atoms with Gasteiger partial charge in [0.05, 0.1) is 31.0 Å². The van der Waals surface area contributed by atoms with Crippen molar-refractivity contribution < 1.29 is 9.90 Å². The van der Waals surface area contributed by atoms with E-state index in [-0.39, 0.29) is 25.0 Å². The highest BCUT2D eigenvalue weighted by molar-refractivity contribution is 6.31. The van der Waals surface area contributed by atoms with Gasteiger partial charge in [-0.2, -0.15) is 5.10 Å². The summed E-state index contributed by atoms with van der Waals surface area (Å²) in [4.78, 5) is 23.8. The van der Waals surface area contributed by atoms with Gasteiger partial charge in [-0.1, -0.05) is 35.9 Å². The molecule has 3 heterocycles. The first-order valence-electron chi connectivity index (χ1n) is 10.9. The van der Waals surface area contributed by atoms with Crippen molar-refractivity contribution in [2.75, 3.05) is 16.8 Å². The molecule has 0 radical (unpaired) electrons. The summed E-state index contributed by atoms with van der Waals surface area (Å²) < 4.78 is 1.70. The second-order valence-corrected chi connectivity index (χ2v) is 8.55. The standard InChI is InChI=1S/C25H23ClN6O2/c1-31-23(9-11-28-31)30-25-27-10-8-21(29-25)17-6-7-22-18(12-17)13-19(15-33)32(22)24(34)14-16-4-2-3-5-20(16)26/h2-12,19,33H,13-15H2,1H3,(H,27,29,30). The molecule has 0 aliphatic carbocycles. The summed E-state index contributed by atoms with van der Waals surface area (Å²) in [5.41, 5.74) is 4.23. The van der Waals surface area contributed by atoms with E-state index < -0.39 is 0 Å². The number of aryl methyl sites for hydroxylation is 1. The Kier molecular flexibility index (Phi) is 6.00. The van der Waals surface area contributed by atoms with E-state index in [0.29, 0.717) is 17.4 Å². The number of aliphatic hydroxyl groups excluding tert-OH is 1. The van der Waals surface area contributed by atoms with Crippen molar-refractivity contribution in [2.45, 2.75) is 18.9 Å². The SMILES string of the molecule is Cn1nccc1Nc1nccc(-c2ccc3c(c2)CC(CO)N3C(=O)Cc2ccccc2Cl)n1. The molecule has 4 aromatic rings. The lowest BCUT2D eigenvalue weighted by Gasteiger charge is -2.24. The Morgan fingerprint density at radius 1 is 1.18 bits per heavy atom. The molecule has 1 amide bonds. The molecule has 8 nitrogen and oxygen atoms in total. The quantitative estimate of drug-likeness (QED) is 0.441. The van der Waals surface area contributed by atoms with Crippen LogP contribution >= 0.6 is 11.6 Å². The van der Waals surface area contributed by atoms with Gasteiger partial charge in [-0.15, -0.1) is 0 Å². The van der Waals surface area contributed by atoms with Crippen LogP contribution < -0.4 is 10.2 Å². The maximum Gasteiger partial charge on any atom is 0.231 e. The number of carbonyl (C=O) groups excluding carboxylic acids is 1. The normalized spacial score (nSPS) is 14.8. The lowest BCUT2D eigenvalue weighted by atomic mass is 10.0. The minimum absolute atomic E-state index is 0.0941. The monoisotopic (exact) mass is 474 g/mol. The van der Waals surface area contributed by atoms with Crippen molar-refractivity contribution in [3.05, 3.63) is 83.1 Å². The first-order valence-corrected chi connectivity index (χ1v) is 11.3. The number of hydrogen-bond acceptors (Lipinski definition) is 6. The van der Waals surface area contributed by atoms with Gasteiger partial charge in [0.25, 0.3) is 0 Å². The number of halogens is 1. The smallest absolute Gasteiger partial charge is 0.231 e. The Labute approximate surface area is 201 Å². The van der Waals surface area contributed by atoms with Crippen LogP contribution in [-0.2, 0) is 24.7 Å².